The van der Waals surface area contributed by atoms with Crippen LogP contribution in [0, 0.1) is 0 Å². The van der Waals surface area contributed by atoms with Crippen molar-refractivity contribution in [3.8, 4) is 33.4 Å². The first-order chi connectivity index (χ1) is 25.6. The molecule has 0 aromatic heterocycles. The molecule has 1 aliphatic rings. The molecule has 9 aromatic rings. The third-order valence-electron chi connectivity index (χ3n) is 11.2. The van der Waals surface area contributed by atoms with Crippen LogP contribution in [-0.4, -0.2) is 0 Å². The molecule has 0 atom stereocenters. The summed E-state index contributed by atoms with van der Waals surface area (Å²) in [5.74, 6) is 0. The number of fused-ring (bicyclic) bond motifs is 5. The van der Waals surface area contributed by atoms with E-state index in [9.17, 15) is 0 Å². The number of anilines is 3. The van der Waals surface area contributed by atoms with Gasteiger partial charge in [0, 0.05) is 22.5 Å². The second-order valence-electron chi connectivity index (χ2n) is 14.5. The summed E-state index contributed by atoms with van der Waals surface area (Å²) in [5.41, 5.74) is 13.7. The molecule has 0 saturated heterocycles. The maximum absolute atomic E-state index is 2.41. The van der Waals surface area contributed by atoms with E-state index in [1.165, 1.54) is 76.8 Å². The predicted molar refractivity (Wildman–Crippen MR) is 222 cm³/mol. The minimum absolute atomic E-state index is 0.221. The van der Waals surface area contributed by atoms with Gasteiger partial charge < -0.3 is 4.90 Å². The van der Waals surface area contributed by atoms with Crippen LogP contribution in [0.5, 0.6) is 0 Å². The van der Waals surface area contributed by atoms with E-state index in [2.05, 4.69) is 207 Å². The molecule has 1 heteroatoms. The molecule has 246 valence electrons. The van der Waals surface area contributed by atoms with E-state index < -0.39 is 0 Å². The molecule has 0 saturated carbocycles. The molecule has 0 bridgehead atoms. The Morgan fingerprint density at radius 1 is 0.385 bits per heavy atom. The molecule has 0 amide bonds. The van der Waals surface area contributed by atoms with Crippen molar-refractivity contribution < 1.29 is 0 Å². The first-order valence-electron chi connectivity index (χ1n) is 18.2. The Hall–Kier alpha value is -6.44. The highest BCUT2D eigenvalue weighted by Crippen LogP contribution is 2.55. The topological polar surface area (TPSA) is 3.24 Å². The quantitative estimate of drug-likeness (QED) is 0.166. The van der Waals surface area contributed by atoms with Gasteiger partial charge in [-0.15, -0.1) is 0 Å². The number of rotatable bonds is 5. The zero-order chi connectivity index (χ0) is 34.8. The maximum atomic E-state index is 2.41. The van der Waals surface area contributed by atoms with Gasteiger partial charge in [-0.2, -0.15) is 0 Å². The molecule has 0 N–H and O–H groups in total. The van der Waals surface area contributed by atoms with Gasteiger partial charge in [0.2, 0.25) is 0 Å². The lowest BCUT2D eigenvalue weighted by atomic mass is 9.65. The van der Waals surface area contributed by atoms with Crippen molar-refractivity contribution in [2.75, 3.05) is 4.90 Å². The lowest BCUT2D eigenvalue weighted by Gasteiger charge is -2.38. The fourth-order valence-electron chi connectivity index (χ4n) is 8.88. The summed E-state index contributed by atoms with van der Waals surface area (Å²) in [6.07, 6.45) is 0. The number of hydrogen-bond donors (Lipinski definition) is 0. The van der Waals surface area contributed by atoms with Crippen molar-refractivity contribution in [1.82, 2.24) is 0 Å². The summed E-state index contributed by atoms with van der Waals surface area (Å²) in [6, 6.07) is 69.0. The van der Waals surface area contributed by atoms with Crippen LogP contribution < -0.4 is 4.90 Å². The summed E-state index contributed by atoms with van der Waals surface area (Å²) in [7, 11) is 0. The maximum Gasteiger partial charge on any atom is 0.0462 e. The second-order valence-corrected chi connectivity index (χ2v) is 14.5. The van der Waals surface area contributed by atoms with E-state index in [-0.39, 0.29) is 5.41 Å². The highest BCUT2D eigenvalue weighted by Gasteiger charge is 2.37. The van der Waals surface area contributed by atoms with Gasteiger partial charge in [-0.1, -0.05) is 159 Å². The number of nitrogens with zero attached hydrogens (tertiary/aromatic N) is 1. The zero-order valence-electron chi connectivity index (χ0n) is 29.3. The van der Waals surface area contributed by atoms with Crippen LogP contribution in [0.2, 0.25) is 0 Å². The highest BCUT2D eigenvalue weighted by molar-refractivity contribution is 6.18. The third kappa shape index (κ3) is 4.63. The highest BCUT2D eigenvalue weighted by atomic mass is 15.1. The molecule has 0 unspecified atom stereocenters. The van der Waals surface area contributed by atoms with Crippen LogP contribution in [0.15, 0.2) is 188 Å². The molecule has 0 spiro atoms. The van der Waals surface area contributed by atoms with Gasteiger partial charge in [-0.05, 0) is 119 Å². The predicted octanol–water partition coefficient (Wildman–Crippen LogP) is 14.3. The first kappa shape index (κ1) is 30.4. The van der Waals surface area contributed by atoms with Crippen LogP contribution >= 0.6 is 0 Å². The summed E-state index contributed by atoms with van der Waals surface area (Å²) in [6.45, 7) is 4.82. The van der Waals surface area contributed by atoms with Gasteiger partial charge in [-0.3, -0.25) is 0 Å². The van der Waals surface area contributed by atoms with Crippen molar-refractivity contribution in [2.24, 2.45) is 0 Å². The van der Waals surface area contributed by atoms with Crippen molar-refractivity contribution in [1.29, 1.82) is 0 Å². The van der Waals surface area contributed by atoms with E-state index >= 15 is 0 Å². The summed E-state index contributed by atoms with van der Waals surface area (Å²) in [5, 5.41) is 7.79. The average Bonchev–Trinajstić information content (AvgIpc) is 3.20. The van der Waals surface area contributed by atoms with Crippen LogP contribution in [0.4, 0.5) is 17.1 Å². The smallest absolute Gasteiger partial charge is 0.0462 e. The van der Waals surface area contributed by atoms with E-state index in [4.69, 9.17) is 0 Å². The van der Waals surface area contributed by atoms with Gasteiger partial charge in [0.05, 0.1) is 0 Å². The Bertz CT molecular complexity index is 2750. The van der Waals surface area contributed by atoms with Gasteiger partial charge in [0.1, 0.15) is 0 Å². The van der Waals surface area contributed by atoms with Gasteiger partial charge in [0.15, 0.2) is 0 Å². The lowest BCUT2D eigenvalue weighted by molar-refractivity contribution is 0.647. The van der Waals surface area contributed by atoms with Gasteiger partial charge in [0.25, 0.3) is 0 Å². The SMILES string of the molecule is CC1(C)c2c(-c3ccc(N(c4ccccc4)c4ccccc4)cc3)cccc2-c2c(-c3cc4ccccc4c4ccccc34)ccc3cccc1c23. The fourth-order valence-corrected chi connectivity index (χ4v) is 8.88. The molecule has 52 heavy (non-hydrogen) atoms. The molecule has 9 aromatic carbocycles. The molecule has 1 nitrogen and oxygen atoms in total. The Labute approximate surface area is 305 Å². The Kier molecular flexibility index (Phi) is 6.91. The van der Waals surface area contributed by atoms with Crippen LogP contribution in [-0.2, 0) is 5.41 Å². The van der Waals surface area contributed by atoms with Crippen molar-refractivity contribution >= 4 is 49.4 Å². The Morgan fingerprint density at radius 2 is 0.962 bits per heavy atom. The molecule has 10 rings (SSSR count). The monoisotopic (exact) mass is 663 g/mol. The number of hydrogen-bond acceptors (Lipinski definition) is 1. The third-order valence-corrected chi connectivity index (χ3v) is 11.2. The minimum Gasteiger partial charge on any atom is -0.311 e. The van der Waals surface area contributed by atoms with E-state index in [0.29, 0.717) is 0 Å². The molecule has 0 heterocycles. The molecule has 1 aliphatic carbocycles. The van der Waals surface area contributed by atoms with Crippen molar-refractivity contribution in [3.05, 3.63) is 199 Å². The molecule has 0 aliphatic heterocycles. The van der Waals surface area contributed by atoms with Crippen molar-refractivity contribution in [3.63, 3.8) is 0 Å². The Morgan fingerprint density at radius 3 is 1.69 bits per heavy atom. The molecule has 0 fully saturated rings. The number of benzene rings is 9. The average molecular weight is 664 g/mol. The summed E-state index contributed by atoms with van der Waals surface area (Å²) in [4.78, 5) is 2.32. The first-order valence-corrected chi connectivity index (χ1v) is 18.2. The summed E-state index contributed by atoms with van der Waals surface area (Å²) < 4.78 is 0. The van der Waals surface area contributed by atoms with E-state index in [1.54, 1.807) is 0 Å². The van der Waals surface area contributed by atoms with Crippen molar-refractivity contribution in [2.45, 2.75) is 19.3 Å². The Balaban J connectivity index is 1.20. The van der Waals surface area contributed by atoms with E-state index in [1.807, 2.05) is 0 Å². The summed E-state index contributed by atoms with van der Waals surface area (Å²) >= 11 is 0. The molecule has 0 radical (unpaired) electrons. The molecular weight excluding hydrogens is 627 g/mol. The standard InChI is InChI=1S/C51H37N/c1-51(2)47-26-13-16-35-29-32-44(46-33-36-15-9-10-21-40(36)42-22-11-12-23-43(42)46)49(48(35)47)45-25-14-24-41(50(45)51)34-27-30-39(31-28-34)52(37-17-5-3-6-18-37)38-19-7-4-8-20-38/h3-33H,1-2H3. The van der Waals surface area contributed by atoms with Gasteiger partial charge in [-0.25, -0.2) is 0 Å². The zero-order valence-corrected chi connectivity index (χ0v) is 29.3. The molecular formula is C51H37N. The normalized spacial score (nSPS) is 13.0. The number of para-hydroxylation sites is 2. The fraction of sp³-hybridized carbons (Fsp3) is 0.0588. The van der Waals surface area contributed by atoms with Gasteiger partial charge >= 0.3 is 0 Å². The van der Waals surface area contributed by atoms with Crippen LogP contribution in [0.1, 0.15) is 25.0 Å². The largest absolute Gasteiger partial charge is 0.311 e. The lowest BCUT2D eigenvalue weighted by Crippen LogP contribution is -2.25. The van der Waals surface area contributed by atoms with E-state index in [0.717, 1.165) is 17.1 Å². The van der Waals surface area contributed by atoms with Crippen LogP contribution in [0.25, 0.3) is 65.7 Å². The van der Waals surface area contributed by atoms with Crippen LogP contribution in [0.3, 0.4) is 0 Å². The minimum atomic E-state index is -0.221. The second kappa shape index (κ2) is 11.8.